The second-order valence-corrected chi connectivity index (χ2v) is 13.1. The predicted molar refractivity (Wildman–Crippen MR) is 157 cm³/mol. The van der Waals surface area contributed by atoms with Gasteiger partial charge in [-0.15, -0.1) is 4.89 Å². The molecule has 41 heavy (non-hydrogen) atoms. The molecule has 5 unspecified atom stereocenters. The summed E-state index contributed by atoms with van der Waals surface area (Å²) in [5.74, 6) is -0.222. The summed E-state index contributed by atoms with van der Waals surface area (Å²) in [5, 5.41) is 8.14. The van der Waals surface area contributed by atoms with E-state index in [4.69, 9.17) is 14.4 Å². The predicted octanol–water partition coefficient (Wildman–Crippen LogP) is 4.37. The summed E-state index contributed by atoms with van der Waals surface area (Å²) in [6.07, 6.45) is 2.54. The van der Waals surface area contributed by atoms with Crippen LogP contribution >= 0.6 is 0 Å². The molecule has 4 rings (SSSR count). The van der Waals surface area contributed by atoms with Crippen molar-refractivity contribution < 1.29 is 23.4 Å². The average Bonchev–Trinajstić information content (AvgIpc) is 3.27. The second kappa shape index (κ2) is 14.1. The lowest BCUT2D eigenvalue weighted by Crippen LogP contribution is -2.52. The topological polar surface area (TPSA) is 119 Å². The smallest absolute Gasteiger partial charge is 0.240 e. The third-order valence-electron chi connectivity index (χ3n) is 8.20. The summed E-state index contributed by atoms with van der Waals surface area (Å²) in [5.41, 5.74) is 3.13. The second-order valence-electron chi connectivity index (χ2n) is 11.9. The van der Waals surface area contributed by atoms with Gasteiger partial charge in [0.05, 0.1) is 31.7 Å². The number of methoxy groups -OCH3 is 1. The fraction of sp³-hybridized carbons (Fsp3) is 0.567. The van der Waals surface area contributed by atoms with Gasteiger partial charge >= 0.3 is 0 Å². The number of benzene rings is 2. The normalized spacial score (nSPS) is 26.9. The van der Waals surface area contributed by atoms with Crippen LogP contribution < -0.4 is 10.2 Å². The number of nitrogens with zero attached hydrogens (tertiary/aromatic N) is 2. The first-order chi connectivity index (χ1) is 19.7. The fourth-order valence-corrected chi connectivity index (χ4v) is 6.80. The minimum absolute atomic E-state index is 0.0401. The van der Waals surface area contributed by atoms with E-state index in [0.717, 1.165) is 36.0 Å². The van der Waals surface area contributed by atoms with Crippen molar-refractivity contribution in [2.75, 3.05) is 27.4 Å². The molecule has 1 saturated carbocycles. The van der Waals surface area contributed by atoms with Crippen molar-refractivity contribution in [1.82, 2.24) is 15.3 Å². The van der Waals surface area contributed by atoms with E-state index >= 15 is 0 Å². The lowest BCUT2D eigenvalue weighted by molar-refractivity contribution is -0.183. The highest BCUT2D eigenvalue weighted by Gasteiger charge is 2.48. The molecule has 0 aromatic heterocycles. The number of amides is 1. The Morgan fingerprint density at radius 3 is 2.59 bits per heavy atom. The van der Waals surface area contributed by atoms with E-state index in [2.05, 4.69) is 36.2 Å². The fourth-order valence-electron chi connectivity index (χ4n) is 6.17. The molecule has 2 fully saturated rings. The van der Waals surface area contributed by atoms with Gasteiger partial charge in [0.2, 0.25) is 5.91 Å². The standard InChI is InChI=1S/C30H42N4O6S/c1-20-16-30(2,3)14-13-26(20)32-29(35)28-25(17-31-36)27(19-38-4)40-34(28)18-21-7-6-8-23(15-21)22-9-11-24(12-10-22)41(37)33-39-5/h6-12,15,20,25-28,33H,13-14,16-19H2,1-5H3,(H,32,35)/t20?,25?,26-,27?,28?,41?/m0/s1. The number of nitrogens with one attached hydrogen (secondary N) is 2. The van der Waals surface area contributed by atoms with Crippen molar-refractivity contribution in [3.05, 3.63) is 59.0 Å². The van der Waals surface area contributed by atoms with E-state index in [1.165, 1.54) is 7.11 Å². The summed E-state index contributed by atoms with van der Waals surface area (Å²) in [4.78, 5) is 39.3. The van der Waals surface area contributed by atoms with Crippen LogP contribution in [0, 0.1) is 22.2 Å². The maximum atomic E-state index is 13.8. The molecule has 1 aliphatic heterocycles. The number of carbonyl (C=O) groups is 1. The SMILES string of the molecule is COCC1ON(Cc2cccc(-c3ccc(S(=O)NOC)cc3)c2)C(C(=O)N[C@H]2CCC(C)(C)CC2C)C1CN=O. The van der Waals surface area contributed by atoms with Crippen molar-refractivity contribution in [2.24, 2.45) is 22.4 Å². The van der Waals surface area contributed by atoms with Crippen LogP contribution in [0.25, 0.3) is 11.1 Å². The molecule has 2 aromatic rings. The maximum absolute atomic E-state index is 13.8. The molecule has 1 amide bonds. The molecule has 0 spiro atoms. The highest BCUT2D eigenvalue weighted by molar-refractivity contribution is 7.82. The van der Waals surface area contributed by atoms with Gasteiger partial charge in [-0.1, -0.05) is 56.3 Å². The zero-order valence-electron chi connectivity index (χ0n) is 24.5. The Hall–Kier alpha value is -2.54. The monoisotopic (exact) mass is 586 g/mol. The Kier molecular flexibility index (Phi) is 10.8. The molecule has 10 nitrogen and oxygen atoms in total. The van der Waals surface area contributed by atoms with Crippen LogP contribution in [0.3, 0.4) is 0 Å². The summed E-state index contributed by atoms with van der Waals surface area (Å²) < 4.78 is 17.5. The number of hydroxylamine groups is 2. The van der Waals surface area contributed by atoms with Gasteiger partial charge in [0.1, 0.15) is 23.1 Å². The molecule has 11 heteroatoms. The van der Waals surface area contributed by atoms with E-state index in [1.807, 2.05) is 36.4 Å². The van der Waals surface area contributed by atoms with E-state index in [9.17, 15) is 13.9 Å². The lowest BCUT2D eigenvalue weighted by atomic mass is 9.70. The highest BCUT2D eigenvalue weighted by atomic mass is 32.2. The van der Waals surface area contributed by atoms with Gasteiger partial charge in [-0.2, -0.15) is 9.97 Å². The Labute approximate surface area is 245 Å². The van der Waals surface area contributed by atoms with Crippen molar-refractivity contribution >= 4 is 16.9 Å². The van der Waals surface area contributed by atoms with Crippen LogP contribution in [0.1, 0.15) is 45.6 Å². The van der Waals surface area contributed by atoms with Crippen molar-refractivity contribution in [2.45, 2.75) is 69.7 Å². The largest absolute Gasteiger partial charge is 0.382 e. The number of hydrogen-bond acceptors (Lipinski definition) is 8. The summed E-state index contributed by atoms with van der Waals surface area (Å²) in [7, 11) is 1.54. The van der Waals surface area contributed by atoms with Crippen LogP contribution in [-0.4, -0.2) is 60.7 Å². The Balaban J connectivity index is 1.54. The first-order valence-corrected chi connectivity index (χ1v) is 15.2. The van der Waals surface area contributed by atoms with Crippen LogP contribution in [0.2, 0.25) is 0 Å². The van der Waals surface area contributed by atoms with E-state index in [1.54, 1.807) is 24.3 Å². The zero-order chi connectivity index (χ0) is 29.6. The van der Waals surface area contributed by atoms with Crippen molar-refractivity contribution in [3.8, 4) is 11.1 Å². The number of ether oxygens (including phenoxy) is 1. The van der Waals surface area contributed by atoms with E-state index in [0.29, 0.717) is 17.4 Å². The third kappa shape index (κ3) is 7.85. The van der Waals surface area contributed by atoms with E-state index < -0.39 is 29.0 Å². The average molecular weight is 587 g/mol. The van der Waals surface area contributed by atoms with E-state index in [-0.39, 0.29) is 30.5 Å². The highest BCUT2D eigenvalue weighted by Crippen LogP contribution is 2.39. The molecular weight excluding hydrogens is 544 g/mol. The van der Waals surface area contributed by atoms with Crippen LogP contribution in [0.4, 0.5) is 0 Å². The Morgan fingerprint density at radius 2 is 1.93 bits per heavy atom. The van der Waals surface area contributed by atoms with Gasteiger partial charge in [0, 0.05) is 19.1 Å². The molecule has 224 valence electrons. The van der Waals surface area contributed by atoms with Gasteiger partial charge in [-0.3, -0.25) is 14.5 Å². The quantitative estimate of drug-likeness (QED) is 0.280. The van der Waals surface area contributed by atoms with Crippen molar-refractivity contribution in [1.29, 1.82) is 0 Å². The molecule has 2 aromatic carbocycles. The van der Waals surface area contributed by atoms with Crippen molar-refractivity contribution in [3.63, 3.8) is 0 Å². The third-order valence-corrected chi connectivity index (χ3v) is 9.21. The zero-order valence-corrected chi connectivity index (χ0v) is 25.3. The van der Waals surface area contributed by atoms with Crippen LogP contribution in [-0.2, 0) is 36.7 Å². The maximum Gasteiger partial charge on any atom is 0.240 e. The summed E-state index contributed by atoms with van der Waals surface area (Å²) in [6.45, 7) is 7.29. The van der Waals surface area contributed by atoms with Crippen LogP contribution in [0.15, 0.2) is 58.6 Å². The molecule has 6 atom stereocenters. The minimum atomic E-state index is -1.46. The molecule has 1 heterocycles. The summed E-state index contributed by atoms with van der Waals surface area (Å²) >= 11 is 0. The molecular formula is C30H42N4O6S. The Bertz CT molecular complexity index is 1210. The number of hydrogen-bond donors (Lipinski definition) is 2. The summed E-state index contributed by atoms with van der Waals surface area (Å²) in [6, 6.07) is 14.7. The molecule has 2 N–H and O–H groups in total. The molecule has 0 bridgehead atoms. The lowest BCUT2D eigenvalue weighted by Gasteiger charge is -2.40. The first-order valence-electron chi connectivity index (χ1n) is 14.1. The van der Waals surface area contributed by atoms with Gasteiger partial charge in [0.15, 0.2) is 0 Å². The van der Waals surface area contributed by atoms with Gasteiger partial charge in [-0.25, -0.2) is 4.21 Å². The minimum Gasteiger partial charge on any atom is -0.382 e. The Morgan fingerprint density at radius 1 is 1.17 bits per heavy atom. The number of carbonyl (C=O) groups excluding carboxylic acids is 1. The van der Waals surface area contributed by atoms with Gasteiger partial charge in [-0.05, 0) is 65.5 Å². The number of nitroso groups, excluding NO2 is 1. The first kappa shape index (κ1) is 31.4. The van der Waals surface area contributed by atoms with Gasteiger partial charge < -0.3 is 10.1 Å². The van der Waals surface area contributed by atoms with Gasteiger partial charge in [0.25, 0.3) is 0 Å². The molecule has 1 aliphatic carbocycles. The molecule has 2 aliphatic rings. The molecule has 0 radical (unpaired) electrons. The van der Waals surface area contributed by atoms with Crippen LogP contribution in [0.5, 0.6) is 0 Å². The molecule has 1 saturated heterocycles. The number of rotatable bonds is 12.